The summed E-state index contributed by atoms with van der Waals surface area (Å²) in [6, 6.07) is 1.21. The number of aromatic amines is 1. The van der Waals surface area contributed by atoms with Crippen molar-refractivity contribution in [1.82, 2.24) is 9.55 Å². The van der Waals surface area contributed by atoms with Gasteiger partial charge in [0, 0.05) is 18.9 Å². The minimum absolute atomic E-state index is 0.127. The lowest BCUT2D eigenvalue weighted by Gasteiger charge is -2.25. The van der Waals surface area contributed by atoms with Crippen molar-refractivity contribution in [2.75, 3.05) is 26.0 Å². The number of hydrogen-bond acceptors (Lipinski definition) is 8. The van der Waals surface area contributed by atoms with Crippen LogP contribution in [0.25, 0.3) is 0 Å². The van der Waals surface area contributed by atoms with Crippen molar-refractivity contribution in [3.05, 3.63) is 33.1 Å². The SMILES string of the molecule is CCCCCCCCCCCCCCCCCCOCCP(=O)(O)OCC1OC(n2ccc(=O)[nH]c2=O)[C@@H]2OC(C)(C)O[C@H]12. The van der Waals surface area contributed by atoms with Crippen molar-refractivity contribution >= 4 is 7.60 Å². The number of nitrogens with one attached hydrogen (secondary N) is 1. The molecule has 0 aromatic carbocycles. The molecule has 0 aliphatic carbocycles. The number of ether oxygens (including phenoxy) is 4. The maximum absolute atomic E-state index is 12.6. The lowest BCUT2D eigenvalue weighted by Crippen LogP contribution is -2.37. The Morgan fingerprint density at radius 1 is 0.864 bits per heavy atom. The van der Waals surface area contributed by atoms with E-state index in [1.807, 2.05) is 0 Å². The van der Waals surface area contributed by atoms with Crippen LogP contribution in [-0.2, 0) is 28.0 Å². The van der Waals surface area contributed by atoms with Gasteiger partial charge in [-0.25, -0.2) is 4.79 Å². The third kappa shape index (κ3) is 13.2. The zero-order valence-corrected chi connectivity index (χ0v) is 28.1. The fourth-order valence-corrected chi connectivity index (χ4v) is 6.80. The van der Waals surface area contributed by atoms with Gasteiger partial charge in [0.15, 0.2) is 12.0 Å². The van der Waals surface area contributed by atoms with Gasteiger partial charge in [0.05, 0.1) is 19.4 Å². The monoisotopic (exact) mass is 644 g/mol. The quantitative estimate of drug-likeness (QED) is 0.0962. The Hall–Kier alpha value is -1.33. The minimum atomic E-state index is -3.93. The van der Waals surface area contributed by atoms with Crippen LogP contribution in [0, 0.1) is 0 Å². The van der Waals surface area contributed by atoms with E-state index in [0.29, 0.717) is 6.61 Å². The molecule has 2 N–H and O–H groups in total. The summed E-state index contributed by atoms with van der Waals surface area (Å²) < 4.78 is 42.7. The Bertz CT molecular complexity index is 1110. The molecule has 1 aromatic rings. The van der Waals surface area contributed by atoms with Crippen LogP contribution in [0.1, 0.15) is 130 Å². The Morgan fingerprint density at radius 3 is 1.98 bits per heavy atom. The number of aromatic nitrogens is 2. The maximum Gasteiger partial charge on any atom is 0.330 e. The molecule has 254 valence electrons. The first-order valence-corrected chi connectivity index (χ1v) is 18.7. The van der Waals surface area contributed by atoms with E-state index in [2.05, 4.69) is 11.9 Å². The van der Waals surface area contributed by atoms with Gasteiger partial charge >= 0.3 is 13.3 Å². The van der Waals surface area contributed by atoms with Gasteiger partial charge in [0.1, 0.15) is 18.3 Å². The van der Waals surface area contributed by atoms with Gasteiger partial charge in [-0.15, -0.1) is 0 Å². The zero-order valence-electron chi connectivity index (χ0n) is 27.2. The molecule has 2 aliphatic rings. The van der Waals surface area contributed by atoms with Crippen LogP contribution in [0.3, 0.4) is 0 Å². The summed E-state index contributed by atoms with van der Waals surface area (Å²) in [5, 5.41) is 0. The number of hydrogen-bond donors (Lipinski definition) is 2. The van der Waals surface area contributed by atoms with E-state index in [0.717, 1.165) is 12.8 Å². The van der Waals surface area contributed by atoms with E-state index in [-0.39, 0.29) is 19.4 Å². The van der Waals surface area contributed by atoms with Crippen LogP contribution >= 0.6 is 7.60 Å². The van der Waals surface area contributed by atoms with Crippen molar-refractivity contribution in [2.45, 2.75) is 154 Å². The van der Waals surface area contributed by atoms with E-state index in [1.54, 1.807) is 13.8 Å². The second kappa shape index (κ2) is 19.4. The summed E-state index contributed by atoms with van der Waals surface area (Å²) >= 11 is 0. The lowest BCUT2D eigenvalue weighted by atomic mass is 10.0. The van der Waals surface area contributed by atoms with Crippen molar-refractivity contribution in [3.63, 3.8) is 0 Å². The molecule has 44 heavy (non-hydrogen) atoms. The van der Waals surface area contributed by atoms with Crippen LogP contribution < -0.4 is 11.2 Å². The molecule has 11 nitrogen and oxygen atoms in total. The summed E-state index contributed by atoms with van der Waals surface area (Å²) in [6.45, 7) is 6.22. The second-order valence-corrected chi connectivity index (χ2v) is 14.7. The Morgan fingerprint density at radius 2 is 1.41 bits per heavy atom. The molecule has 5 atom stereocenters. The largest absolute Gasteiger partial charge is 0.381 e. The fraction of sp³-hybridized carbons (Fsp3) is 0.875. The third-order valence-corrected chi connectivity index (χ3v) is 9.65. The molecule has 0 bridgehead atoms. The molecule has 0 amide bonds. The molecule has 3 rings (SSSR count). The van der Waals surface area contributed by atoms with E-state index in [1.165, 1.54) is 107 Å². The van der Waals surface area contributed by atoms with Gasteiger partial charge in [-0.3, -0.25) is 18.9 Å². The molecule has 0 saturated carbocycles. The highest BCUT2D eigenvalue weighted by Gasteiger charge is 2.56. The molecule has 3 unspecified atom stereocenters. The smallest absolute Gasteiger partial charge is 0.330 e. The Labute approximate surface area is 262 Å². The zero-order chi connectivity index (χ0) is 31.8. The molecule has 0 radical (unpaired) electrons. The highest BCUT2D eigenvalue weighted by atomic mass is 31.2. The van der Waals surface area contributed by atoms with Crippen molar-refractivity contribution in [1.29, 1.82) is 0 Å². The molecular formula is C32H57N2O9P. The topological polar surface area (TPSA) is 138 Å². The number of H-pyrrole nitrogens is 1. The summed E-state index contributed by atoms with van der Waals surface area (Å²) in [4.78, 5) is 36.4. The number of nitrogens with zero attached hydrogens (tertiary/aromatic N) is 1. The maximum atomic E-state index is 12.6. The summed E-state index contributed by atoms with van der Waals surface area (Å²) in [5.41, 5.74) is -1.17. The van der Waals surface area contributed by atoms with E-state index in [4.69, 9.17) is 23.5 Å². The Balaban J connectivity index is 1.21. The molecule has 2 saturated heterocycles. The van der Waals surface area contributed by atoms with Gasteiger partial charge in [-0.05, 0) is 20.3 Å². The van der Waals surface area contributed by atoms with Crippen LogP contribution in [0.15, 0.2) is 21.9 Å². The highest BCUT2D eigenvalue weighted by molar-refractivity contribution is 7.52. The number of fused-ring (bicyclic) bond motifs is 1. The van der Waals surface area contributed by atoms with Gasteiger partial charge in [-0.1, -0.05) is 103 Å². The van der Waals surface area contributed by atoms with E-state index < -0.39 is 49.2 Å². The van der Waals surface area contributed by atoms with Crippen molar-refractivity contribution in [2.24, 2.45) is 0 Å². The molecule has 0 spiro atoms. The molecule has 3 heterocycles. The van der Waals surface area contributed by atoms with Crippen LogP contribution in [0.4, 0.5) is 0 Å². The average Bonchev–Trinajstić information content (AvgIpc) is 3.46. The lowest BCUT2D eigenvalue weighted by molar-refractivity contribution is -0.200. The third-order valence-electron chi connectivity index (χ3n) is 8.35. The van der Waals surface area contributed by atoms with Crippen molar-refractivity contribution < 1.29 is 32.9 Å². The van der Waals surface area contributed by atoms with Crippen LogP contribution in [-0.4, -0.2) is 64.5 Å². The van der Waals surface area contributed by atoms with Crippen molar-refractivity contribution in [3.8, 4) is 0 Å². The first kappa shape index (κ1) is 37.1. The van der Waals surface area contributed by atoms with Gasteiger partial charge < -0.3 is 28.4 Å². The molecule has 2 fully saturated rings. The number of rotatable bonds is 24. The molecule has 12 heteroatoms. The normalized spacial score (nSPS) is 24.0. The van der Waals surface area contributed by atoms with E-state index >= 15 is 0 Å². The standard InChI is InChI=1S/C32H57N2O9P/c1-4-5-6-7-8-9-10-11-12-13-14-15-16-17-18-19-22-39-23-24-44(37,38)40-25-26-28-29(43-32(2,3)42-28)30(41-26)34-21-20-27(35)33-31(34)36/h20-21,26,28-30H,4-19,22-25H2,1-3H3,(H,37,38)(H,33,35,36)/t26?,28-,29-,30?/m1/s1. The summed E-state index contributed by atoms with van der Waals surface area (Å²) in [7, 11) is -3.93. The summed E-state index contributed by atoms with van der Waals surface area (Å²) in [5.74, 6) is -0.940. The first-order chi connectivity index (χ1) is 21.1. The molecule has 2 aliphatic heterocycles. The number of unbranched alkanes of at least 4 members (excludes halogenated alkanes) is 15. The fourth-order valence-electron chi connectivity index (χ4n) is 5.93. The predicted octanol–water partition coefficient (Wildman–Crippen LogP) is 6.43. The van der Waals surface area contributed by atoms with Crippen LogP contribution in [0.2, 0.25) is 0 Å². The van der Waals surface area contributed by atoms with Crippen LogP contribution in [0.5, 0.6) is 0 Å². The molecule has 1 aromatic heterocycles. The van der Waals surface area contributed by atoms with Gasteiger partial charge in [0.2, 0.25) is 0 Å². The van der Waals surface area contributed by atoms with Gasteiger partial charge in [-0.2, -0.15) is 0 Å². The summed E-state index contributed by atoms with van der Waals surface area (Å²) in [6.07, 6.45) is 19.2. The minimum Gasteiger partial charge on any atom is -0.381 e. The first-order valence-electron chi connectivity index (χ1n) is 17.0. The molecular weight excluding hydrogens is 587 g/mol. The average molecular weight is 645 g/mol. The highest BCUT2D eigenvalue weighted by Crippen LogP contribution is 2.46. The second-order valence-electron chi connectivity index (χ2n) is 12.7. The Kier molecular flexibility index (Phi) is 16.3. The van der Waals surface area contributed by atoms with E-state index in [9.17, 15) is 19.0 Å². The predicted molar refractivity (Wildman–Crippen MR) is 170 cm³/mol. The van der Waals surface area contributed by atoms with Gasteiger partial charge in [0.25, 0.3) is 5.56 Å².